The van der Waals surface area contributed by atoms with Crippen LogP contribution >= 0.6 is 0 Å². The van der Waals surface area contributed by atoms with E-state index in [1.807, 2.05) is 72.8 Å². The Hall–Kier alpha value is -6.70. The minimum atomic E-state index is -1.10. The molecule has 2 N–H and O–H groups in total. The maximum Gasteiger partial charge on any atom is 0.255 e. The van der Waals surface area contributed by atoms with Crippen molar-refractivity contribution in [3.8, 4) is 0 Å². The molecule has 0 aromatic heterocycles. The minimum Gasteiger partial charge on any atom is -0.384 e. The molecule has 3 unspecified atom stereocenters. The smallest absolute Gasteiger partial charge is 0.255 e. The van der Waals surface area contributed by atoms with Crippen LogP contribution in [0.3, 0.4) is 0 Å². The summed E-state index contributed by atoms with van der Waals surface area (Å²) in [6, 6.07) is 31.3. The molecule has 3 aliphatic carbocycles. The average molecular weight is 871 g/mol. The van der Waals surface area contributed by atoms with Gasteiger partial charge in [0.2, 0.25) is 5.91 Å². The van der Waals surface area contributed by atoms with E-state index in [1.165, 1.54) is 12.1 Å². The van der Waals surface area contributed by atoms with Crippen molar-refractivity contribution < 1.29 is 23.9 Å². The number of nitrogens with zero attached hydrogens (tertiary/aromatic N) is 3. The summed E-state index contributed by atoms with van der Waals surface area (Å²) in [5, 5.41) is 17.3. The number of anilines is 2. The number of benzene rings is 4. The Labute approximate surface area is 380 Å². The van der Waals surface area contributed by atoms with Crippen molar-refractivity contribution in [3.05, 3.63) is 196 Å². The summed E-state index contributed by atoms with van der Waals surface area (Å²) in [5.74, 6) is -1.58. The van der Waals surface area contributed by atoms with Crippen LogP contribution in [0.5, 0.6) is 0 Å². The molecular weight excluding hydrogens is 816 g/mol. The Bertz CT molecular complexity index is 2570. The van der Waals surface area contributed by atoms with E-state index in [9.17, 15) is 28.8 Å². The Morgan fingerprint density at radius 1 is 0.877 bits per heavy atom. The molecule has 4 aliphatic rings. The van der Waals surface area contributed by atoms with E-state index in [4.69, 9.17) is 0 Å². The summed E-state index contributed by atoms with van der Waals surface area (Å²) in [4.78, 5) is 56.6. The zero-order valence-electron chi connectivity index (χ0n) is 36.6. The van der Waals surface area contributed by atoms with Crippen LogP contribution in [0.15, 0.2) is 173 Å². The minimum absolute atomic E-state index is 0.111. The Kier molecular flexibility index (Phi) is 13.8. The van der Waals surface area contributed by atoms with E-state index < -0.39 is 17.6 Å². The Balaban J connectivity index is 0.907. The number of ketones is 1. The number of carbonyl (C=O) groups excluding carboxylic acids is 3. The molecule has 0 radical (unpaired) electrons. The highest BCUT2D eigenvalue weighted by Crippen LogP contribution is 2.57. The predicted molar refractivity (Wildman–Crippen MR) is 252 cm³/mol. The van der Waals surface area contributed by atoms with Gasteiger partial charge in [-0.05, 0) is 121 Å². The van der Waals surface area contributed by atoms with E-state index in [2.05, 4.69) is 40.0 Å². The van der Waals surface area contributed by atoms with Gasteiger partial charge in [0.15, 0.2) is 11.8 Å². The van der Waals surface area contributed by atoms with Gasteiger partial charge in [-0.1, -0.05) is 120 Å². The Morgan fingerprint density at radius 2 is 1.57 bits per heavy atom. The first kappa shape index (κ1) is 44.9. The first-order chi connectivity index (χ1) is 31.5. The van der Waals surface area contributed by atoms with Gasteiger partial charge >= 0.3 is 0 Å². The lowest BCUT2D eigenvalue weighted by molar-refractivity contribution is -0.133. The van der Waals surface area contributed by atoms with Gasteiger partial charge in [0.1, 0.15) is 11.9 Å². The molecule has 65 heavy (non-hydrogen) atoms. The fourth-order valence-electron chi connectivity index (χ4n) is 9.61. The highest BCUT2D eigenvalue weighted by atomic mass is 19.1. The molecular formula is C55H55FN4O5. The molecule has 2 amide bonds. The standard InChI is InChI=1S/C55H55FN4O5/c1-37-48(38(2)51(61)42-13-7-4-8-14-42)16-9-17-49(37)52(62)55(31-32-55)44-22-18-39(19-23-44)35-60(47-28-24-45(56)25-29-47)36-40-20-26-46(27-21-40)57-53(63)43-15-10-33-59(34-30-43)54(64)50(58-65)41-11-5-3-6-12-41/h3-9,11-14,16,20-21,24-29,43,48-51,61H,1-2,10,15,17-18,22,30-36H2,(H,57,63)/t43-,48?,49?,50?,51-/m1/s1. The van der Waals surface area contributed by atoms with E-state index in [0.717, 1.165) is 46.4 Å². The second-order valence-electron chi connectivity index (χ2n) is 17.8. The first-order valence-electron chi connectivity index (χ1n) is 22.7. The lowest BCUT2D eigenvalue weighted by Gasteiger charge is -2.33. The molecule has 5 atom stereocenters. The van der Waals surface area contributed by atoms with Gasteiger partial charge in [-0.2, -0.15) is 0 Å². The van der Waals surface area contributed by atoms with Crippen molar-refractivity contribution in [2.24, 2.45) is 28.3 Å². The summed E-state index contributed by atoms with van der Waals surface area (Å²) in [6.07, 6.45) is 8.41. The van der Waals surface area contributed by atoms with E-state index in [-0.39, 0.29) is 41.2 Å². The third-order valence-corrected chi connectivity index (χ3v) is 13.6. The Morgan fingerprint density at radius 3 is 2.22 bits per heavy atom. The fraction of sp³-hybridized carbons (Fsp3) is 0.327. The third kappa shape index (κ3) is 10.2. The highest BCUT2D eigenvalue weighted by Gasteiger charge is 2.55. The second-order valence-corrected chi connectivity index (χ2v) is 17.8. The van der Waals surface area contributed by atoms with Gasteiger partial charge in [0.25, 0.3) is 5.91 Å². The molecule has 0 bridgehead atoms. The molecule has 1 saturated carbocycles. The van der Waals surface area contributed by atoms with E-state index >= 15 is 0 Å². The maximum atomic E-state index is 14.4. The average Bonchev–Trinajstić information content (AvgIpc) is 4.18. The first-order valence-corrected chi connectivity index (χ1v) is 22.7. The van der Waals surface area contributed by atoms with Crippen LogP contribution in [0.25, 0.3) is 0 Å². The highest BCUT2D eigenvalue weighted by molar-refractivity contribution is 5.95. The molecule has 8 rings (SSSR count). The molecule has 9 nitrogen and oxygen atoms in total. The van der Waals surface area contributed by atoms with Crippen molar-refractivity contribution >= 4 is 29.0 Å². The zero-order valence-corrected chi connectivity index (χ0v) is 36.6. The van der Waals surface area contributed by atoms with Crippen molar-refractivity contribution in [1.82, 2.24) is 4.90 Å². The molecule has 4 aromatic rings. The summed E-state index contributed by atoms with van der Waals surface area (Å²) in [5.41, 5.74) is 13.5. The molecule has 1 saturated heterocycles. The van der Waals surface area contributed by atoms with Crippen LogP contribution in [-0.2, 0) is 20.9 Å². The van der Waals surface area contributed by atoms with Crippen LogP contribution in [0.1, 0.15) is 80.2 Å². The van der Waals surface area contributed by atoms with Gasteiger partial charge in [0.05, 0.1) is 5.41 Å². The van der Waals surface area contributed by atoms with Gasteiger partial charge < -0.3 is 20.2 Å². The normalized spacial score (nSPS) is 20.9. The number of hydrogen-bond acceptors (Lipinski definition) is 7. The molecule has 1 aliphatic heterocycles. The predicted octanol–water partition coefficient (Wildman–Crippen LogP) is 10.7. The van der Waals surface area contributed by atoms with E-state index in [0.29, 0.717) is 81.5 Å². The van der Waals surface area contributed by atoms with Crippen molar-refractivity contribution in [3.63, 3.8) is 0 Å². The van der Waals surface area contributed by atoms with E-state index in [1.54, 1.807) is 41.3 Å². The number of likely N-dealkylation sites (tertiary alicyclic amines) is 1. The number of nitrogens with one attached hydrogen (secondary N) is 1. The number of hydrogen-bond donors (Lipinski definition) is 2. The van der Waals surface area contributed by atoms with Gasteiger partial charge in [-0.25, -0.2) is 4.39 Å². The van der Waals surface area contributed by atoms with Crippen LogP contribution < -0.4 is 10.2 Å². The summed E-state index contributed by atoms with van der Waals surface area (Å²) in [7, 11) is 0. The number of aliphatic hydroxyl groups excluding tert-OH is 1. The molecule has 0 spiro atoms. The molecule has 4 aromatic carbocycles. The topological polar surface area (TPSA) is 119 Å². The van der Waals surface area contributed by atoms with Crippen LogP contribution in [-0.4, -0.2) is 47.2 Å². The van der Waals surface area contributed by atoms with Gasteiger partial charge in [0, 0.05) is 55.3 Å². The number of rotatable bonds is 16. The second kappa shape index (κ2) is 20.0. The number of nitroso groups, excluding NO2 is 1. The number of allylic oxidation sites excluding steroid dienone is 4. The van der Waals surface area contributed by atoms with Gasteiger partial charge in [-0.15, -0.1) is 4.91 Å². The zero-order chi connectivity index (χ0) is 45.5. The summed E-state index contributed by atoms with van der Waals surface area (Å²) >= 11 is 0. The lowest BCUT2D eigenvalue weighted by atomic mass is 9.70. The SMILES string of the molecule is C=C1C(C(=C)[C@@H](O)c2ccccc2)C=CCC1C(=O)C1(C2=C=C=C(CN(Cc3ccc(NC(=O)[C@@H]4CCCN(C(=O)C(N=O)c5ccccc5)CC4)cc3)c3ccc(F)cc3)CC2)CC1. The quantitative estimate of drug-likeness (QED) is 0.0657. The fourth-order valence-corrected chi connectivity index (χ4v) is 9.61. The maximum absolute atomic E-state index is 14.4. The largest absolute Gasteiger partial charge is 0.384 e. The van der Waals surface area contributed by atoms with Crippen molar-refractivity contribution in [1.29, 1.82) is 0 Å². The number of carbonyl (C=O) groups is 3. The number of halogens is 1. The number of Topliss-reactive ketones (excluding diaryl/α,β-unsaturated/α-hetero) is 1. The van der Waals surface area contributed by atoms with Gasteiger partial charge in [-0.3, -0.25) is 14.4 Å². The summed E-state index contributed by atoms with van der Waals surface area (Å²) in [6.45, 7) is 10.5. The molecule has 10 heteroatoms. The summed E-state index contributed by atoms with van der Waals surface area (Å²) < 4.78 is 14.1. The number of amides is 2. The van der Waals surface area contributed by atoms with Crippen LogP contribution in [0.4, 0.5) is 15.8 Å². The van der Waals surface area contributed by atoms with Crippen molar-refractivity contribution in [2.75, 3.05) is 29.9 Å². The third-order valence-electron chi connectivity index (χ3n) is 13.6. The number of aliphatic hydroxyl groups is 1. The monoisotopic (exact) mass is 870 g/mol. The molecule has 332 valence electrons. The lowest BCUT2D eigenvalue weighted by Crippen LogP contribution is -2.35. The van der Waals surface area contributed by atoms with Crippen LogP contribution in [0, 0.1) is 33.9 Å². The van der Waals surface area contributed by atoms with Crippen molar-refractivity contribution in [2.45, 2.75) is 70.1 Å². The van der Waals surface area contributed by atoms with Crippen LogP contribution in [0.2, 0.25) is 0 Å². The molecule has 2 fully saturated rings. The molecule has 1 heterocycles.